The van der Waals surface area contributed by atoms with Gasteiger partial charge >= 0.3 is 0 Å². The molecular formula is C19H20BrN3O4S. The predicted molar refractivity (Wildman–Crippen MR) is 110 cm³/mol. The molecule has 0 spiro atoms. The molecule has 1 aliphatic heterocycles. The van der Waals surface area contributed by atoms with Crippen LogP contribution in [0.4, 0.5) is 0 Å². The number of amides is 1. The fourth-order valence-electron chi connectivity index (χ4n) is 2.89. The van der Waals surface area contributed by atoms with Gasteiger partial charge in [-0.1, -0.05) is 22.4 Å². The van der Waals surface area contributed by atoms with Crippen LogP contribution in [-0.2, 0) is 10.0 Å². The van der Waals surface area contributed by atoms with Gasteiger partial charge in [0, 0.05) is 28.7 Å². The number of nitrogens with zero attached hydrogens (tertiary/aromatic N) is 2. The van der Waals surface area contributed by atoms with Crippen molar-refractivity contribution in [2.45, 2.75) is 24.2 Å². The van der Waals surface area contributed by atoms with Gasteiger partial charge in [0.15, 0.2) is 0 Å². The highest BCUT2D eigenvalue weighted by Gasteiger charge is 2.25. The van der Waals surface area contributed by atoms with Crippen molar-refractivity contribution in [3.05, 3.63) is 58.1 Å². The van der Waals surface area contributed by atoms with E-state index in [2.05, 4.69) is 26.5 Å². The molecule has 1 amide bonds. The Bertz CT molecular complexity index is 985. The third kappa shape index (κ3) is 4.78. The molecule has 2 aromatic rings. The Kier molecular flexibility index (Phi) is 6.48. The average molecular weight is 466 g/mol. The largest absolute Gasteiger partial charge is 0.507 e. The Morgan fingerprint density at radius 1 is 1.11 bits per heavy atom. The standard InChI is InChI=1S/C19H20BrN3O4S/c20-16-6-9-18(24)15(12-16)13-21-22-19(25)14-4-7-17(8-5-14)28(26,27)23-10-2-1-3-11-23/h4-9,12-13,24H,1-3,10-11H2,(H,22,25)/b21-13+. The number of hydrogen-bond donors (Lipinski definition) is 2. The van der Waals surface area contributed by atoms with E-state index >= 15 is 0 Å². The van der Waals surface area contributed by atoms with E-state index in [0.29, 0.717) is 18.7 Å². The lowest BCUT2D eigenvalue weighted by Gasteiger charge is -2.25. The number of hydrogen-bond acceptors (Lipinski definition) is 5. The van der Waals surface area contributed by atoms with E-state index in [-0.39, 0.29) is 16.2 Å². The second kappa shape index (κ2) is 8.85. The van der Waals surface area contributed by atoms with Crippen molar-refractivity contribution in [1.29, 1.82) is 0 Å². The van der Waals surface area contributed by atoms with Gasteiger partial charge in [0.2, 0.25) is 10.0 Å². The quantitative estimate of drug-likeness (QED) is 0.523. The zero-order valence-corrected chi connectivity index (χ0v) is 17.4. The molecule has 0 bridgehead atoms. The minimum absolute atomic E-state index is 0.0356. The molecule has 148 valence electrons. The van der Waals surface area contributed by atoms with E-state index in [4.69, 9.17) is 0 Å². The van der Waals surface area contributed by atoms with Crippen molar-refractivity contribution in [3.63, 3.8) is 0 Å². The first-order valence-corrected chi connectivity index (χ1v) is 11.0. The number of sulfonamides is 1. The lowest BCUT2D eigenvalue weighted by molar-refractivity contribution is 0.0955. The fraction of sp³-hybridized carbons (Fsp3) is 0.263. The number of piperidine rings is 1. The summed E-state index contributed by atoms with van der Waals surface area (Å²) in [6, 6.07) is 10.6. The molecule has 2 N–H and O–H groups in total. The van der Waals surface area contributed by atoms with Gasteiger partial charge in [0.05, 0.1) is 11.1 Å². The maximum atomic E-state index is 12.6. The highest BCUT2D eigenvalue weighted by Crippen LogP contribution is 2.21. The van der Waals surface area contributed by atoms with Gasteiger partial charge in [-0.2, -0.15) is 9.41 Å². The second-order valence-corrected chi connectivity index (χ2v) is 9.24. The third-order valence-corrected chi connectivity index (χ3v) is 6.83. The Morgan fingerprint density at radius 2 is 1.79 bits per heavy atom. The van der Waals surface area contributed by atoms with Crippen molar-refractivity contribution < 1.29 is 18.3 Å². The van der Waals surface area contributed by atoms with Crippen LogP contribution in [0.2, 0.25) is 0 Å². The number of nitrogens with one attached hydrogen (secondary N) is 1. The molecule has 1 fully saturated rings. The van der Waals surface area contributed by atoms with Crippen LogP contribution in [0.3, 0.4) is 0 Å². The first-order valence-electron chi connectivity index (χ1n) is 8.80. The SMILES string of the molecule is O=C(N/N=C/c1cc(Br)ccc1O)c1ccc(S(=O)(=O)N2CCCCC2)cc1. The van der Waals surface area contributed by atoms with Crippen LogP contribution in [-0.4, -0.2) is 43.0 Å². The molecule has 2 aromatic carbocycles. The summed E-state index contributed by atoms with van der Waals surface area (Å²) in [6.45, 7) is 1.06. The van der Waals surface area contributed by atoms with Crippen LogP contribution in [0.5, 0.6) is 5.75 Å². The number of carbonyl (C=O) groups excluding carboxylic acids is 1. The van der Waals surface area contributed by atoms with Crippen LogP contribution in [0.25, 0.3) is 0 Å². The van der Waals surface area contributed by atoms with Crippen LogP contribution < -0.4 is 5.43 Å². The van der Waals surface area contributed by atoms with Crippen LogP contribution in [0, 0.1) is 0 Å². The molecule has 1 aliphatic rings. The number of phenols is 1. The Morgan fingerprint density at radius 3 is 2.46 bits per heavy atom. The van der Waals surface area contributed by atoms with E-state index in [0.717, 1.165) is 23.7 Å². The number of benzene rings is 2. The van der Waals surface area contributed by atoms with Crippen LogP contribution >= 0.6 is 15.9 Å². The molecule has 0 aromatic heterocycles. The highest BCUT2D eigenvalue weighted by atomic mass is 79.9. The highest BCUT2D eigenvalue weighted by molar-refractivity contribution is 9.10. The summed E-state index contributed by atoms with van der Waals surface area (Å²) in [6.07, 6.45) is 4.10. The monoisotopic (exact) mass is 465 g/mol. The summed E-state index contributed by atoms with van der Waals surface area (Å²) in [5, 5.41) is 13.6. The molecule has 1 heterocycles. The molecule has 0 saturated carbocycles. The zero-order valence-electron chi connectivity index (χ0n) is 15.0. The van der Waals surface area contributed by atoms with Crippen LogP contribution in [0.1, 0.15) is 35.2 Å². The topological polar surface area (TPSA) is 99.1 Å². The van der Waals surface area contributed by atoms with E-state index in [1.807, 2.05) is 0 Å². The predicted octanol–water partition coefficient (Wildman–Crippen LogP) is 3.09. The minimum atomic E-state index is -3.53. The smallest absolute Gasteiger partial charge is 0.271 e. The summed E-state index contributed by atoms with van der Waals surface area (Å²) >= 11 is 3.29. The van der Waals surface area contributed by atoms with E-state index in [9.17, 15) is 18.3 Å². The number of aromatic hydroxyl groups is 1. The molecule has 9 heteroatoms. The van der Waals surface area contributed by atoms with Crippen molar-refractivity contribution >= 4 is 38.1 Å². The number of hydrazone groups is 1. The van der Waals surface area contributed by atoms with Gasteiger partial charge in [-0.05, 0) is 55.3 Å². The Hall–Kier alpha value is -2.23. The number of halogens is 1. The summed E-state index contributed by atoms with van der Waals surface area (Å²) < 4.78 is 27.5. The number of rotatable bonds is 5. The molecule has 3 rings (SSSR count). The van der Waals surface area contributed by atoms with Gasteiger partial charge in [0.1, 0.15) is 5.75 Å². The van der Waals surface area contributed by atoms with E-state index in [1.165, 1.54) is 40.9 Å². The Balaban J connectivity index is 1.66. The molecule has 0 radical (unpaired) electrons. The first kappa shape index (κ1) is 20.5. The second-order valence-electron chi connectivity index (χ2n) is 6.39. The van der Waals surface area contributed by atoms with Gasteiger partial charge < -0.3 is 5.11 Å². The average Bonchev–Trinajstić information content (AvgIpc) is 2.71. The van der Waals surface area contributed by atoms with Crippen molar-refractivity contribution in [1.82, 2.24) is 9.73 Å². The Labute approximate surface area is 172 Å². The van der Waals surface area contributed by atoms with Crippen molar-refractivity contribution in [3.8, 4) is 5.75 Å². The summed E-state index contributed by atoms with van der Waals surface area (Å²) in [7, 11) is -3.53. The van der Waals surface area contributed by atoms with Crippen molar-refractivity contribution in [2.24, 2.45) is 5.10 Å². The van der Waals surface area contributed by atoms with Gasteiger partial charge in [0.25, 0.3) is 5.91 Å². The molecule has 0 atom stereocenters. The number of phenolic OH excluding ortho intramolecular Hbond substituents is 1. The molecule has 1 saturated heterocycles. The van der Waals surface area contributed by atoms with Gasteiger partial charge in [-0.25, -0.2) is 13.8 Å². The third-order valence-electron chi connectivity index (χ3n) is 4.43. The lowest BCUT2D eigenvalue weighted by Crippen LogP contribution is -2.35. The van der Waals surface area contributed by atoms with Gasteiger partial charge in [-0.3, -0.25) is 4.79 Å². The lowest BCUT2D eigenvalue weighted by atomic mass is 10.2. The van der Waals surface area contributed by atoms with E-state index < -0.39 is 15.9 Å². The summed E-state index contributed by atoms with van der Waals surface area (Å²) in [4.78, 5) is 12.4. The number of carbonyl (C=O) groups is 1. The normalized spacial score (nSPS) is 15.6. The van der Waals surface area contributed by atoms with E-state index in [1.54, 1.807) is 12.1 Å². The summed E-state index contributed by atoms with van der Waals surface area (Å²) in [5.41, 5.74) is 3.09. The van der Waals surface area contributed by atoms with Crippen LogP contribution in [0.15, 0.2) is 56.9 Å². The van der Waals surface area contributed by atoms with Crippen molar-refractivity contribution in [2.75, 3.05) is 13.1 Å². The molecule has 28 heavy (non-hydrogen) atoms. The molecule has 0 unspecified atom stereocenters. The molecule has 0 aliphatic carbocycles. The first-order chi connectivity index (χ1) is 13.4. The maximum absolute atomic E-state index is 12.6. The fourth-order valence-corrected chi connectivity index (χ4v) is 4.78. The zero-order chi connectivity index (χ0) is 20.1. The van der Waals surface area contributed by atoms with Gasteiger partial charge in [-0.15, -0.1) is 0 Å². The summed E-state index contributed by atoms with van der Waals surface area (Å²) in [5.74, 6) is -0.443. The molecule has 7 nitrogen and oxygen atoms in total. The maximum Gasteiger partial charge on any atom is 0.271 e. The minimum Gasteiger partial charge on any atom is -0.507 e. The molecular weight excluding hydrogens is 446 g/mol.